The van der Waals surface area contributed by atoms with Crippen LogP contribution >= 0.6 is 12.6 Å². The predicted molar refractivity (Wildman–Crippen MR) is 99.5 cm³/mol. The zero-order valence-corrected chi connectivity index (χ0v) is 14.9. The Morgan fingerprint density at radius 3 is 2.27 bits per heavy atom. The van der Waals surface area contributed by atoms with Crippen LogP contribution in [-0.2, 0) is 0 Å². The number of hydrogen-bond donors (Lipinski definition) is 1. The fourth-order valence-corrected chi connectivity index (χ4v) is 2.29. The largest absolute Gasteiger partial charge is 0.493 e. The summed E-state index contributed by atoms with van der Waals surface area (Å²) in [6.07, 6.45) is 3.44. The van der Waals surface area contributed by atoms with Gasteiger partial charge < -0.3 is 9.47 Å². The van der Waals surface area contributed by atoms with Gasteiger partial charge in [-0.15, -0.1) is 12.6 Å². The molecule has 0 fully saturated rings. The second-order valence-corrected chi connectivity index (χ2v) is 5.58. The van der Waals surface area contributed by atoms with Crippen molar-refractivity contribution in [2.45, 2.75) is 44.9 Å². The van der Waals surface area contributed by atoms with Crippen molar-refractivity contribution in [1.29, 1.82) is 0 Å². The molecule has 0 spiro atoms. The molecule has 0 aliphatic heterocycles. The summed E-state index contributed by atoms with van der Waals surface area (Å²) in [6, 6.07) is 12.2. The van der Waals surface area contributed by atoms with Gasteiger partial charge in [0.05, 0.1) is 6.61 Å². The van der Waals surface area contributed by atoms with Crippen LogP contribution < -0.4 is 4.74 Å². The number of thiol groups is 1. The van der Waals surface area contributed by atoms with Crippen molar-refractivity contribution in [3.05, 3.63) is 36.4 Å². The van der Waals surface area contributed by atoms with Crippen LogP contribution in [0.4, 0.5) is 0 Å². The van der Waals surface area contributed by atoms with Crippen molar-refractivity contribution in [1.82, 2.24) is 0 Å². The lowest BCUT2D eigenvalue weighted by Crippen LogP contribution is -1.97. The summed E-state index contributed by atoms with van der Waals surface area (Å²) in [5.74, 6) is 0.960. The Morgan fingerprint density at radius 1 is 0.955 bits per heavy atom. The van der Waals surface area contributed by atoms with Gasteiger partial charge in [-0.05, 0) is 23.9 Å². The third kappa shape index (κ3) is 6.29. The highest BCUT2D eigenvalue weighted by molar-refractivity contribution is 7.80. The second-order valence-electron chi connectivity index (χ2n) is 5.09. The lowest BCUT2D eigenvalue weighted by atomic mass is 10.1. The fraction of sp³-hybridized carbons (Fsp3) is 0.474. The Kier molecular flexibility index (Phi) is 9.76. The summed E-state index contributed by atoms with van der Waals surface area (Å²) in [5, 5.41) is 2.30. The average molecular weight is 322 g/mol. The highest BCUT2D eigenvalue weighted by Gasteiger charge is 2.03. The molecule has 3 heteroatoms. The Labute approximate surface area is 140 Å². The molecule has 0 heterocycles. The molecule has 22 heavy (non-hydrogen) atoms. The molecule has 0 saturated carbocycles. The quantitative estimate of drug-likeness (QED) is 0.420. The summed E-state index contributed by atoms with van der Waals surface area (Å²) >= 11 is 4.45. The van der Waals surface area contributed by atoms with Crippen molar-refractivity contribution in [2.75, 3.05) is 19.8 Å². The highest BCUT2D eigenvalue weighted by atomic mass is 32.1. The zero-order valence-electron chi connectivity index (χ0n) is 14.0. The maximum Gasteiger partial charge on any atom is 0.144 e. The van der Waals surface area contributed by atoms with E-state index in [0.717, 1.165) is 54.1 Å². The molecule has 0 aliphatic carbocycles. The van der Waals surface area contributed by atoms with Gasteiger partial charge in [0.1, 0.15) is 19.0 Å². The van der Waals surface area contributed by atoms with Crippen molar-refractivity contribution in [3.8, 4) is 5.75 Å². The molecule has 2 aromatic rings. The van der Waals surface area contributed by atoms with E-state index in [2.05, 4.69) is 50.3 Å². The minimum Gasteiger partial charge on any atom is -0.493 e. The first kappa shape index (κ1) is 18.9. The normalized spacial score (nSPS) is 10.2. The van der Waals surface area contributed by atoms with Crippen molar-refractivity contribution in [3.63, 3.8) is 0 Å². The smallest absolute Gasteiger partial charge is 0.144 e. The Hall–Kier alpha value is -1.19. The standard InChI is InChI=1S/C14H16OS.C5H12O/c1-2-3-10-15-13-8-9-14(16)12-7-5-4-6-11(12)13;1-3-5-6-4-2/h4-9,16H,2-3,10H2,1H3;3-5H2,1-2H3/p+1. The molecule has 0 aromatic heterocycles. The molecular weight excluding hydrogens is 292 g/mol. The van der Waals surface area contributed by atoms with E-state index >= 15 is 0 Å². The van der Waals surface area contributed by atoms with E-state index in [0.29, 0.717) is 0 Å². The number of ether oxygens (including phenoxy) is 2. The van der Waals surface area contributed by atoms with Gasteiger partial charge in [-0.1, -0.05) is 44.5 Å². The highest BCUT2D eigenvalue weighted by Crippen LogP contribution is 2.30. The molecular formula is C19H29O2S+. The Morgan fingerprint density at radius 2 is 1.68 bits per heavy atom. The van der Waals surface area contributed by atoms with E-state index in [4.69, 9.17) is 4.74 Å². The summed E-state index contributed by atoms with van der Waals surface area (Å²) < 4.78 is 9.87. The van der Waals surface area contributed by atoms with E-state index in [-0.39, 0.29) is 0 Å². The van der Waals surface area contributed by atoms with Gasteiger partial charge in [0.15, 0.2) is 0 Å². The molecule has 2 nitrogen and oxygen atoms in total. The Bertz CT molecular complexity index is 536. The summed E-state index contributed by atoms with van der Waals surface area (Å²) in [7, 11) is 0. The molecule has 0 saturated heterocycles. The molecule has 1 N–H and O–H groups in total. The fourth-order valence-electron chi connectivity index (χ4n) is 2.02. The molecule has 2 rings (SSSR count). The van der Waals surface area contributed by atoms with Gasteiger partial charge >= 0.3 is 0 Å². The van der Waals surface area contributed by atoms with E-state index in [1.165, 1.54) is 6.42 Å². The molecule has 0 bridgehead atoms. The lowest BCUT2D eigenvalue weighted by Gasteiger charge is -2.10. The van der Waals surface area contributed by atoms with E-state index in [1.54, 1.807) is 0 Å². The lowest BCUT2D eigenvalue weighted by molar-refractivity contribution is -0.0272. The number of hydrogen-bond acceptors (Lipinski definition) is 2. The minimum absolute atomic E-state index is 0.784. The van der Waals surface area contributed by atoms with Crippen LogP contribution in [0.5, 0.6) is 5.75 Å². The molecule has 0 unspecified atom stereocenters. The second kappa shape index (κ2) is 11.4. The van der Waals surface area contributed by atoms with Crippen LogP contribution in [0.1, 0.15) is 40.0 Å². The van der Waals surface area contributed by atoms with E-state index < -0.39 is 0 Å². The van der Waals surface area contributed by atoms with Crippen molar-refractivity contribution >= 4 is 23.4 Å². The third-order valence-corrected chi connectivity index (χ3v) is 3.61. The van der Waals surface area contributed by atoms with Crippen LogP contribution in [0, 0.1) is 0 Å². The molecule has 122 valence electrons. The SMILES string of the molecule is CCCCOc1ccc(S)c2ccccc12.CCC[OH+]CC. The number of fused-ring (bicyclic) bond motifs is 1. The van der Waals surface area contributed by atoms with Gasteiger partial charge in [0, 0.05) is 23.6 Å². The number of unbranched alkanes of at least 4 members (excludes halogenated alkanes) is 1. The number of rotatable bonds is 7. The average Bonchev–Trinajstić information content (AvgIpc) is 2.56. The van der Waals surface area contributed by atoms with Gasteiger partial charge in [0.2, 0.25) is 0 Å². The first-order valence-electron chi connectivity index (χ1n) is 8.21. The summed E-state index contributed by atoms with van der Waals surface area (Å²) in [4.78, 5) is 0.999. The van der Waals surface area contributed by atoms with E-state index in [1.807, 2.05) is 24.3 Å². The first-order chi connectivity index (χ1) is 10.7. The minimum atomic E-state index is 0.784. The number of benzene rings is 2. The van der Waals surface area contributed by atoms with Crippen LogP contribution in [-0.4, -0.2) is 24.6 Å². The van der Waals surface area contributed by atoms with Crippen LogP contribution in [0.3, 0.4) is 0 Å². The van der Waals surface area contributed by atoms with Crippen molar-refractivity contribution < 1.29 is 9.47 Å². The summed E-state index contributed by atoms with van der Waals surface area (Å²) in [5.41, 5.74) is 0. The van der Waals surface area contributed by atoms with Gasteiger partial charge in [0.25, 0.3) is 0 Å². The Balaban J connectivity index is 0.000000346. The molecule has 0 radical (unpaired) electrons. The zero-order chi connectivity index (χ0) is 16.2. The van der Waals surface area contributed by atoms with Crippen LogP contribution in [0.2, 0.25) is 0 Å². The van der Waals surface area contributed by atoms with Gasteiger partial charge in [-0.2, -0.15) is 0 Å². The van der Waals surface area contributed by atoms with E-state index in [9.17, 15) is 0 Å². The van der Waals surface area contributed by atoms with Gasteiger partial charge in [-0.25, -0.2) is 0 Å². The van der Waals surface area contributed by atoms with Crippen molar-refractivity contribution in [2.24, 2.45) is 0 Å². The predicted octanol–water partition coefficient (Wildman–Crippen LogP) is 5.25. The van der Waals surface area contributed by atoms with Gasteiger partial charge in [-0.3, -0.25) is 0 Å². The topological polar surface area (TPSA) is 22.0 Å². The molecule has 0 aliphatic rings. The molecule has 2 aromatic carbocycles. The van der Waals surface area contributed by atoms with Crippen LogP contribution in [0.15, 0.2) is 41.3 Å². The molecule has 0 atom stereocenters. The van der Waals surface area contributed by atoms with Crippen LogP contribution in [0.25, 0.3) is 10.8 Å². The third-order valence-electron chi connectivity index (χ3n) is 3.22. The monoisotopic (exact) mass is 321 g/mol. The maximum atomic E-state index is 5.78. The number of aliphatic hydroxyl groups is 2. The first-order valence-corrected chi connectivity index (χ1v) is 8.66. The molecule has 0 amide bonds. The summed E-state index contributed by atoms with van der Waals surface area (Å²) in [6.45, 7) is 9.17. The maximum absolute atomic E-state index is 5.78.